The van der Waals surface area contributed by atoms with Crippen molar-refractivity contribution < 1.29 is 0 Å². The van der Waals surface area contributed by atoms with Crippen LogP contribution in [0, 0.1) is 4.77 Å². The van der Waals surface area contributed by atoms with Crippen LogP contribution in [0.15, 0.2) is 53.4 Å². The van der Waals surface area contributed by atoms with Gasteiger partial charge < -0.3 is 4.57 Å². The van der Waals surface area contributed by atoms with Gasteiger partial charge in [-0.15, -0.1) is 11.8 Å². The van der Waals surface area contributed by atoms with Crippen LogP contribution in [0.2, 0.25) is 5.02 Å². The zero-order valence-electron chi connectivity index (χ0n) is 15.0. The van der Waals surface area contributed by atoms with E-state index in [2.05, 4.69) is 42.5 Å². The molecular formula is C19H21ClN4S2. The number of hydrogen-bond donors (Lipinski definition) is 0. The number of hydrogen-bond acceptors (Lipinski definition) is 4. The summed E-state index contributed by atoms with van der Waals surface area (Å²) in [6.45, 7) is 1.44. The monoisotopic (exact) mass is 404 g/mol. The van der Waals surface area contributed by atoms with Crippen LogP contribution in [0.4, 0.5) is 0 Å². The highest BCUT2D eigenvalue weighted by Gasteiger charge is 2.13. The van der Waals surface area contributed by atoms with Gasteiger partial charge in [0.2, 0.25) is 0 Å². The minimum atomic E-state index is 0.613. The highest BCUT2D eigenvalue weighted by atomic mass is 35.5. The molecule has 0 atom stereocenters. The van der Waals surface area contributed by atoms with Crippen molar-refractivity contribution in [3.63, 3.8) is 0 Å². The number of benzene rings is 2. The van der Waals surface area contributed by atoms with Crippen LogP contribution in [0.1, 0.15) is 5.56 Å². The third-order valence-corrected chi connectivity index (χ3v) is 5.70. The normalized spacial score (nSPS) is 11.3. The van der Waals surface area contributed by atoms with Crippen molar-refractivity contribution in [3.05, 3.63) is 63.9 Å². The molecule has 4 nitrogen and oxygen atoms in total. The second kappa shape index (κ2) is 8.39. The van der Waals surface area contributed by atoms with E-state index in [1.54, 1.807) is 11.8 Å². The molecule has 0 aliphatic heterocycles. The number of thioether (sulfide) groups is 1. The summed E-state index contributed by atoms with van der Waals surface area (Å²) in [6.07, 6.45) is 2.08. The van der Waals surface area contributed by atoms with Crippen LogP contribution >= 0.6 is 35.6 Å². The lowest BCUT2D eigenvalue weighted by atomic mass is 10.2. The molecule has 0 unspecified atom stereocenters. The van der Waals surface area contributed by atoms with Crippen LogP contribution in [0.25, 0.3) is 11.4 Å². The van der Waals surface area contributed by atoms with E-state index in [9.17, 15) is 0 Å². The summed E-state index contributed by atoms with van der Waals surface area (Å²) in [4.78, 5) is 3.46. The fourth-order valence-corrected chi connectivity index (χ4v) is 3.59. The van der Waals surface area contributed by atoms with Crippen molar-refractivity contribution in [1.82, 2.24) is 19.2 Å². The van der Waals surface area contributed by atoms with E-state index in [0.29, 0.717) is 16.5 Å². The lowest BCUT2D eigenvalue weighted by Crippen LogP contribution is -2.22. The third kappa shape index (κ3) is 4.20. The molecule has 3 rings (SSSR count). The summed E-state index contributed by atoms with van der Waals surface area (Å²) in [5, 5.41) is 5.37. The molecule has 7 heteroatoms. The molecular weight excluding hydrogens is 384 g/mol. The average Bonchev–Trinajstić information content (AvgIpc) is 2.91. The first kappa shape index (κ1) is 19.2. The maximum absolute atomic E-state index is 6.32. The molecule has 0 radical (unpaired) electrons. The molecule has 0 aliphatic carbocycles. The van der Waals surface area contributed by atoms with E-state index in [-0.39, 0.29) is 0 Å². The van der Waals surface area contributed by atoms with Gasteiger partial charge in [0.15, 0.2) is 10.6 Å². The van der Waals surface area contributed by atoms with E-state index in [1.807, 2.05) is 40.6 Å². The Morgan fingerprint density at radius 3 is 2.50 bits per heavy atom. The summed E-state index contributed by atoms with van der Waals surface area (Å²) in [6, 6.07) is 16.3. The Bertz CT molecular complexity index is 947. The lowest BCUT2D eigenvalue weighted by Gasteiger charge is -2.16. The molecule has 0 saturated heterocycles. The largest absolute Gasteiger partial charge is 0.303 e. The van der Waals surface area contributed by atoms with Crippen LogP contribution < -0.4 is 0 Å². The lowest BCUT2D eigenvalue weighted by molar-refractivity contribution is 0.244. The summed E-state index contributed by atoms with van der Waals surface area (Å²) < 4.78 is 4.41. The van der Waals surface area contributed by atoms with Gasteiger partial charge in [-0.2, -0.15) is 5.10 Å². The molecule has 3 aromatic rings. The van der Waals surface area contributed by atoms with Crippen molar-refractivity contribution in [1.29, 1.82) is 0 Å². The Kier molecular flexibility index (Phi) is 6.19. The summed E-state index contributed by atoms with van der Waals surface area (Å²) in [5.74, 6) is 0.776. The van der Waals surface area contributed by atoms with E-state index in [4.69, 9.17) is 28.9 Å². The second-order valence-electron chi connectivity index (χ2n) is 6.15. The molecule has 1 heterocycles. The fraction of sp³-hybridized carbons (Fsp3) is 0.263. The van der Waals surface area contributed by atoms with Gasteiger partial charge in [-0.1, -0.05) is 35.9 Å². The van der Waals surface area contributed by atoms with Crippen molar-refractivity contribution >= 4 is 35.6 Å². The van der Waals surface area contributed by atoms with Gasteiger partial charge in [0.05, 0.1) is 11.7 Å². The van der Waals surface area contributed by atoms with Crippen LogP contribution in [0.5, 0.6) is 0 Å². The van der Waals surface area contributed by atoms with Gasteiger partial charge in [-0.3, -0.25) is 4.90 Å². The summed E-state index contributed by atoms with van der Waals surface area (Å²) in [5.41, 5.74) is 2.15. The molecule has 0 saturated carbocycles. The Morgan fingerprint density at radius 2 is 1.85 bits per heavy atom. The molecule has 26 heavy (non-hydrogen) atoms. The van der Waals surface area contributed by atoms with Crippen LogP contribution in [0.3, 0.4) is 0 Å². The van der Waals surface area contributed by atoms with E-state index >= 15 is 0 Å². The number of nitrogens with zero attached hydrogens (tertiary/aromatic N) is 4. The number of aromatic nitrogens is 3. The third-order valence-electron chi connectivity index (χ3n) is 4.14. The average molecular weight is 405 g/mol. The molecule has 136 valence electrons. The first-order chi connectivity index (χ1) is 12.5. The topological polar surface area (TPSA) is 26.0 Å². The van der Waals surface area contributed by atoms with Gasteiger partial charge in [0, 0.05) is 24.1 Å². The highest BCUT2D eigenvalue weighted by Crippen LogP contribution is 2.26. The van der Waals surface area contributed by atoms with E-state index < -0.39 is 0 Å². The fourth-order valence-electron chi connectivity index (χ4n) is 2.78. The van der Waals surface area contributed by atoms with Crippen molar-refractivity contribution in [2.75, 3.05) is 13.3 Å². The SMILES string of the molecule is CSc1ccc(CN(C)Cn2nc(-c3ccccc3Cl)n(C)c2=S)cc1. The molecule has 0 spiro atoms. The van der Waals surface area contributed by atoms with Crippen molar-refractivity contribution in [2.24, 2.45) is 7.05 Å². The second-order valence-corrected chi connectivity index (χ2v) is 7.80. The molecule has 0 amide bonds. The molecule has 2 aromatic carbocycles. The minimum Gasteiger partial charge on any atom is -0.303 e. The molecule has 1 aromatic heterocycles. The van der Waals surface area contributed by atoms with Crippen molar-refractivity contribution in [3.8, 4) is 11.4 Å². The highest BCUT2D eigenvalue weighted by molar-refractivity contribution is 7.98. The molecule has 0 fully saturated rings. The Morgan fingerprint density at radius 1 is 1.15 bits per heavy atom. The molecule has 0 N–H and O–H groups in total. The summed E-state index contributed by atoms with van der Waals surface area (Å²) >= 11 is 13.6. The van der Waals surface area contributed by atoms with Crippen LogP contribution in [-0.2, 0) is 20.3 Å². The number of halogens is 1. The smallest absolute Gasteiger partial charge is 0.199 e. The predicted molar refractivity (Wildman–Crippen MR) is 112 cm³/mol. The van der Waals surface area contributed by atoms with Gasteiger partial charge in [0.25, 0.3) is 0 Å². The Balaban J connectivity index is 1.78. The molecule has 0 bridgehead atoms. The zero-order valence-corrected chi connectivity index (χ0v) is 17.4. The minimum absolute atomic E-state index is 0.613. The first-order valence-corrected chi connectivity index (χ1v) is 10.2. The summed E-state index contributed by atoms with van der Waals surface area (Å²) in [7, 11) is 3.99. The Hall–Kier alpha value is -1.60. The van der Waals surface area contributed by atoms with Gasteiger partial charge >= 0.3 is 0 Å². The van der Waals surface area contributed by atoms with Gasteiger partial charge in [-0.25, -0.2) is 4.68 Å². The van der Waals surface area contributed by atoms with E-state index in [1.165, 1.54) is 10.5 Å². The maximum atomic E-state index is 6.32. The first-order valence-electron chi connectivity index (χ1n) is 8.20. The standard InChI is InChI=1S/C19H21ClN4S2/c1-22(12-14-8-10-15(26-3)11-9-14)13-24-19(25)23(2)18(21-24)16-6-4-5-7-17(16)20/h4-11H,12-13H2,1-3H3. The van der Waals surface area contributed by atoms with E-state index in [0.717, 1.165) is 17.9 Å². The zero-order chi connectivity index (χ0) is 18.7. The van der Waals surface area contributed by atoms with Crippen LogP contribution in [-0.4, -0.2) is 32.6 Å². The maximum Gasteiger partial charge on any atom is 0.199 e. The molecule has 0 aliphatic rings. The van der Waals surface area contributed by atoms with Gasteiger partial charge in [-0.05, 0) is 55.4 Å². The van der Waals surface area contributed by atoms with Crippen molar-refractivity contribution in [2.45, 2.75) is 18.1 Å². The Labute approximate surface area is 168 Å². The predicted octanol–water partition coefficient (Wildman–Crippen LogP) is 5.08. The van der Waals surface area contributed by atoms with Gasteiger partial charge in [0.1, 0.15) is 0 Å². The number of rotatable bonds is 6. The quantitative estimate of drug-likeness (QED) is 0.422.